The fourth-order valence-corrected chi connectivity index (χ4v) is 2.68. The van der Waals surface area contributed by atoms with E-state index in [9.17, 15) is 0 Å². The van der Waals surface area contributed by atoms with Gasteiger partial charge in [-0.15, -0.1) is 0 Å². The molecule has 0 atom stereocenters. The first-order valence-corrected chi connectivity index (χ1v) is 6.70. The first-order valence-electron chi connectivity index (χ1n) is 6.70. The number of nitrogens with two attached hydrogens (primary N) is 1. The van der Waals surface area contributed by atoms with Gasteiger partial charge in [0.15, 0.2) is 5.84 Å². The quantitative estimate of drug-likeness (QED) is 0.358. The molecule has 19 heavy (non-hydrogen) atoms. The van der Waals surface area contributed by atoms with Crippen molar-refractivity contribution < 1.29 is 5.21 Å². The van der Waals surface area contributed by atoms with E-state index in [0.29, 0.717) is 0 Å². The van der Waals surface area contributed by atoms with E-state index in [-0.39, 0.29) is 5.84 Å². The minimum Gasteiger partial charge on any atom is -0.409 e. The third-order valence-electron chi connectivity index (χ3n) is 3.90. The first-order chi connectivity index (χ1) is 9.29. The molecule has 0 amide bonds. The Morgan fingerprint density at radius 2 is 2.05 bits per heavy atom. The fourth-order valence-electron chi connectivity index (χ4n) is 2.68. The van der Waals surface area contributed by atoms with Crippen LogP contribution < -0.4 is 10.6 Å². The molecule has 0 aromatic carbocycles. The maximum absolute atomic E-state index is 8.85. The van der Waals surface area contributed by atoms with E-state index in [4.69, 9.17) is 10.9 Å². The highest BCUT2D eigenvalue weighted by molar-refractivity contribution is 6.02. The predicted octanol–water partition coefficient (Wildman–Crippen LogP) is 0.460. The lowest BCUT2D eigenvalue weighted by Crippen LogP contribution is -2.47. The van der Waals surface area contributed by atoms with Crippen LogP contribution >= 0.6 is 0 Å². The highest BCUT2D eigenvalue weighted by Crippen LogP contribution is 2.29. The lowest BCUT2D eigenvalue weighted by molar-refractivity contribution is 0.248. The Bertz CT molecular complexity index is 478. The van der Waals surface area contributed by atoms with E-state index in [1.165, 1.54) is 12.8 Å². The van der Waals surface area contributed by atoms with Gasteiger partial charge in [-0.2, -0.15) is 0 Å². The van der Waals surface area contributed by atoms with Gasteiger partial charge < -0.3 is 15.8 Å². The second kappa shape index (κ2) is 5.05. The van der Waals surface area contributed by atoms with Gasteiger partial charge >= 0.3 is 0 Å². The van der Waals surface area contributed by atoms with Gasteiger partial charge in [-0.3, -0.25) is 9.88 Å². The van der Waals surface area contributed by atoms with Crippen molar-refractivity contribution in [2.24, 2.45) is 10.9 Å². The molecule has 1 saturated carbocycles. The van der Waals surface area contributed by atoms with E-state index in [0.717, 1.165) is 43.5 Å². The summed E-state index contributed by atoms with van der Waals surface area (Å²) in [4.78, 5) is 8.97. The minimum atomic E-state index is 0.141. The first kappa shape index (κ1) is 12.2. The molecule has 0 radical (unpaired) electrons. The molecule has 1 saturated heterocycles. The monoisotopic (exact) mass is 261 g/mol. The topological polar surface area (TPSA) is 78.0 Å². The molecule has 0 spiro atoms. The standard InChI is InChI=1S/C13H19N5O/c14-13(16-19)11-3-4-15-9-12(11)18-7-5-17(6-8-18)10-1-2-10/h3-4,9-10,19H,1-2,5-8H2,(H2,14,16). The van der Waals surface area contributed by atoms with Gasteiger partial charge in [-0.1, -0.05) is 5.16 Å². The maximum atomic E-state index is 8.85. The van der Waals surface area contributed by atoms with Crippen molar-refractivity contribution in [2.45, 2.75) is 18.9 Å². The third kappa shape index (κ3) is 2.49. The number of hydrogen-bond donors (Lipinski definition) is 2. The van der Waals surface area contributed by atoms with Gasteiger partial charge in [0.1, 0.15) is 0 Å². The Kier molecular flexibility index (Phi) is 3.25. The molecule has 1 aliphatic carbocycles. The van der Waals surface area contributed by atoms with Gasteiger partial charge in [0.2, 0.25) is 0 Å². The maximum Gasteiger partial charge on any atom is 0.172 e. The molecule has 102 valence electrons. The summed E-state index contributed by atoms with van der Waals surface area (Å²) in [5.74, 6) is 0.141. The molecule has 1 aromatic rings. The van der Waals surface area contributed by atoms with Crippen LogP contribution in [0.5, 0.6) is 0 Å². The molecule has 0 unspecified atom stereocenters. The van der Waals surface area contributed by atoms with Crippen molar-refractivity contribution >= 4 is 11.5 Å². The van der Waals surface area contributed by atoms with Crippen LogP contribution in [0.1, 0.15) is 18.4 Å². The van der Waals surface area contributed by atoms with Crippen LogP contribution in [-0.2, 0) is 0 Å². The second-order valence-electron chi connectivity index (χ2n) is 5.13. The molecule has 3 N–H and O–H groups in total. The van der Waals surface area contributed by atoms with Crippen LogP contribution in [0.4, 0.5) is 5.69 Å². The molecule has 3 rings (SSSR count). The molecule has 6 heteroatoms. The number of oxime groups is 1. The number of piperazine rings is 1. The Morgan fingerprint density at radius 3 is 2.68 bits per heavy atom. The number of aromatic nitrogens is 1. The summed E-state index contributed by atoms with van der Waals surface area (Å²) in [6.45, 7) is 4.09. The SMILES string of the molecule is N/C(=N/O)c1ccncc1N1CCN(C2CC2)CC1. The van der Waals surface area contributed by atoms with Crippen molar-refractivity contribution in [3.05, 3.63) is 24.0 Å². The number of anilines is 1. The van der Waals surface area contributed by atoms with Crippen LogP contribution in [0.3, 0.4) is 0 Å². The average molecular weight is 261 g/mol. The summed E-state index contributed by atoms with van der Waals surface area (Å²) in [5, 5.41) is 11.9. The highest BCUT2D eigenvalue weighted by atomic mass is 16.4. The van der Waals surface area contributed by atoms with Crippen molar-refractivity contribution in [1.29, 1.82) is 0 Å². The molecular weight excluding hydrogens is 242 g/mol. The zero-order chi connectivity index (χ0) is 13.2. The largest absolute Gasteiger partial charge is 0.409 e. The molecule has 2 fully saturated rings. The van der Waals surface area contributed by atoms with Crippen LogP contribution in [0.2, 0.25) is 0 Å². The van der Waals surface area contributed by atoms with E-state index < -0.39 is 0 Å². The summed E-state index contributed by atoms with van der Waals surface area (Å²) in [6.07, 6.45) is 6.15. The Balaban J connectivity index is 1.75. The number of nitrogens with zero attached hydrogens (tertiary/aromatic N) is 4. The number of rotatable bonds is 3. The van der Waals surface area contributed by atoms with Crippen LogP contribution in [0.15, 0.2) is 23.6 Å². The Labute approximate surface area is 112 Å². The zero-order valence-corrected chi connectivity index (χ0v) is 10.9. The normalized spacial score (nSPS) is 21.7. The fraction of sp³-hybridized carbons (Fsp3) is 0.538. The van der Waals surface area contributed by atoms with Crippen LogP contribution in [0.25, 0.3) is 0 Å². The van der Waals surface area contributed by atoms with Crippen molar-refractivity contribution in [3.63, 3.8) is 0 Å². The van der Waals surface area contributed by atoms with Crippen LogP contribution in [-0.4, -0.2) is 53.1 Å². The van der Waals surface area contributed by atoms with Gasteiger partial charge in [-0.25, -0.2) is 0 Å². The number of pyridine rings is 1. The predicted molar refractivity (Wildman–Crippen MR) is 73.6 cm³/mol. The second-order valence-corrected chi connectivity index (χ2v) is 5.13. The summed E-state index contributed by atoms with van der Waals surface area (Å²) >= 11 is 0. The highest BCUT2D eigenvalue weighted by Gasteiger charge is 2.31. The van der Waals surface area contributed by atoms with E-state index in [1.54, 1.807) is 18.5 Å². The zero-order valence-electron chi connectivity index (χ0n) is 10.9. The van der Waals surface area contributed by atoms with Crippen molar-refractivity contribution in [1.82, 2.24) is 9.88 Å². The van der Waals surface area contributed by atoms with Gasteiger partial charge in [-0.05, 0) is 18.9 Å². The average Bonchev–Trinajstić information content (AvgIpc) is 3.31. The summed E-state index contributed by atoms with van der Waals surface area (Å²) in [6, 6.07) is 2.61. The molecule has 1 aliphatic heterocycles. The summed E-state index contributed by atoms with van der Waals surface area (Å²) < 4.78 is 0. The third-order valence-corrected chi connectivity index (χ3v) is 3.90. The molecular formula is C13H19N5O. The smallest absolute Gasteiger partial charge is 0.172 e. The molecule has 1 aromatic heterocycles. The van der Waals surface area contributed by atoms with E-state index in [1.807, 2.05) is 0 Å². The Morgan fingerprint density at radius 1 is 1.32 bits per heavy atom. The van der Waals surface area contributed by atoms with E-state index in [2.05, 4.69) is 19.9 Å². The van der Waals surface area contributed by atoms with Crippen molar-refractivity contribution in [2.75, 3.05) is 31.1 Å². The van der Waals surface area contributed by atoms with Crippen molar-refractivity contribution in [3.8, 4) is 0 Å². The molecule has 2 aliphatic rings. The van der Waals surface area contributed by atoms with Gasteiger partial charge in [0.25, 0.3) is 0 Å². The summed E-state index contributed by atoms with van der Waals surface area (Å²) in [5.41, 5.74) is 7.42. The Hall–Kier alpha value is -1.82. The summed E-state index contributed by atoms with van der Waals surface area (Å²) in [7, 11) is 0. The van der Waals surface area contributed by atoms with Crippen LogP contribution in [0, 0.1) is 0 Å². The molecule has 0 bridgehead atoms. The van der Waals surface area contributed by atoms with Gasteiger partial charge in [0.05, 0.1) is 11.9 Å². The van der Waals surface area contributed by atoms with E-state index >= 15 is 0 Å². The lowest BCUT2D eigenvalue weighted by atomic mass is 10.1. The lowest BCUT2D eigenvalue weighted by Gasteiger charge is -2.36. The molecule has 6 nitrogen and oxygen atoms in total. The number of hydrogen-bond acceptors (Lipinski definition) is 5. The minimum absolute atomic E-state index is 0.141. The number of amidine groups is 1. The molecule has 2 heterocycles. The van der Waals surface area contributed by atoms with Gasteiger partial charge in [0, 0.05) is 44.0 Å².